The van der Waals surface area contributed by atoms with Crippen molar-refractivity contribution in [2.45, 2.75) is 39.5 Å². The molecular weight excluding hydrogens is 164 g/mol. The Bertz CT molecular complexity index is 197. The van der Waals surface area contributed by atoms with Gasteiger partial charge in [-0.3, -0.25) is 0 Å². The summed E-state index contributed by atoms with van der Waals surface area (Å²) in [5.74, 6) is -0.206. The van der Waals surface area contributed by atoms with Gasteiger partial charge < -0.3 is 4.74 Å². The van der Waals surface area contributed by atoms with Gasteiger partial charge in [0, 0.05) is 6.08 Å². The van der Waals surface area contributed by atoms with E-state index in [9.17, 15) is 4.79 Å². The van der Waals surface area contributed by atoms with Crippen LogP contribution in [0, 0.1) is 5.41 Å². The van der Waals surface area contributed by atoms with Gasteiger partial charge in [0.15, 0.2) is 0 Å². The molecule has 0 aromatic heterocycles. The maximum atomic E-state index is 11.0. The molecule has 0 saturated heterocycles. The predicted molar refractivity (Wildman–Crippen MR) is 52.3 cm³/mol. The van der Waals surface area contributed by atoms with Crippen molar-refractivity contribution in [2.24, 2.45) is 5.41 Å². The molecule has 74 valence electrons. The second-order valence-electron chi connectivity index (χ2n) is 3.65. The molecule has 1 fully saturated rings. The summed E-state index contributed by atoms with van der Waals surface area (Å²) in [5.41, 5.74) is 0.312. The van der Waals surface area contributed by atoms with Crippen LogP contribution >= 0.6 is 0 Å². The Balaban J connectivity index is 2.41. The zero-order chi connectivity index (χ0) is 9.73. The van der Waals surface area contributed by atoms with E-state index in [0.29, 0.717) is 12.0 Å². The molecule has 1 aliphatic carbocycles. The monoisotopic (exact) mass is 182 g/mol. The summed E-state index contributed by atoms with van der Waals surface area (Å²) in [6.45, 7) is 4.46. The molecule has 0 amide bonds. The smallest absolute Gasteiger partial charge is 0.330 e. The molecule has 0 unspecified atom stereocenters. The Morgan fingerprint density at radius 2 is 2.15 bits per heavy atom. The minimum absolute atomic E-state index is 0.206. The summed E-state index contributed by atoms with van der Waals surface area (Å²) < 4.78 is 4.82. The molecule has 2 nitrogen and oxygen atoms in total. The number of carbonyl (C=O) groups excluding carboxylic acids is 1. The largest absolute Gasteiger partial charge is 0.463 e. The molecule has 13 heavy (non-hydrogen) atoms. The molecule has 0 spiro atoms. The van der Waals surface area contributed by atoms with Crippen LogP contribution < -0.4 is 0 Å². The van der Waals surface area contributed by atoms with Gasteiger partial charge in [-0.15, -0.1) is 0 Å². The van der Waals surface area contributed by atoms with E-state index in [4.69, 9.17) is 4.74 Å². The lowest BCUT2D eigenvalue weighted by Gasteiger charge is -2.38. The van der Waals surface area contributed by atoms with Crippen LogP contribution in [-0.2, 0) is 9.53 Å². The van der Waals surface area contributed by atoms with Crippen LogP contribution in [0.4, 0.5) is 0 Å². The lowest BCUT2D eigenvalue weighted by Crippen LogP contribution is -2.26. The highest BCUT2D eigenvalue weighted by Gasteiger charge is 2.32. The number of allylic oxidation sites excluding steroid dienone is 1. The van der Waals surface area contributed by atoms with Crippen molar-refractivity contribution in [2.75, 3.05) is 6.61 Å². The minimum Gasteiger partial charge on any atom is -0.463 e. The normalized spacial score (nSPS) is 19.8. The molecule has 0 heterocycles. The summed E-state index contributed by atoms with van der Waals surface area (Å²) >= 11 is 0. The van der Waals surface area contributed by atoms with Crippen LogP contribution in [-0.4, -0.2) is 12.6 Å². The fourth-order valence-electron chi connectivity index (χ4n) is 1.70. The molecule has 2 heteroatoms. The first-order valence-electron chi connectivity index (χ1n) is 5.08. The van der Waals surface area contributed by atoms with Gasteiger partial charge in [-0.05, 0) is 31.6 Å². The van der Waals surface area contributed by atoms with Crippen LogP contribution in [0.2, 0.25) is 0 Å². The van der Waals surface area contributed by atoms with Crippen molar-refractivity contribution in [3.63, 3.8) is 0 Å². The van der Waals surface area contributed by atoms with Crippen molar-refractivity contribution in [1.82, 2.24) is 0 Å². The Morgan fingerprint density at radius 3 is 2.54 bits per heavy atom. The number of hydrogen-bond acceptors (Lipinski definition) is 2. The molecule has 0 radical (unpaired) electrons. The third-order valence-corrected chi connectivity index (χ3v) is 2.91. The maximum absolute atomic E-state index is 11.0. The highest BCUT2D eigenvalue weighted by Crippen LogP contribution is 2.44. The molecule has 0 N–H and O–H groups in total. The van der Waals surface area contributed by atoms with E-state index < -0.39 is 0 Å². The van der Waals surface area contributed by atoms with E-state index in [1.165, 1.54) is 19.3 Å². The van der Waals surface area contributed by atoms with Crippen LogP contribution in [0.3, 0.4) is 0 Å². The quantitative estimate of drug-likeness (QED) is 0.493. The Kier molecular flexibility index (Phi) is 3.52. The second-order valence-corrected chi connectivity index (χ2v) is 3.65. The molecule has 1 rings (SSSR count). The maximum Gasteiger partial charge on any atom is 0.330 e. The van der Waals surface area contributed by atoms with Gasteiger partial charge in [0.05, 0.1) is 6.61 Å². The molecule has 1 saturated carbocycles. The number of carbonyl (C=O) groups is 1. The van der Waals surface area contributed by atoms with Crippen molar-refractivity contribution in [1.29, 1.82) is 0 Å². The Morgan fingerprint density at radius 1 is 1.46 bits per heavy atom. The highest BCUT2D eigenvalue weighted by molar-refractivity contribution is 5.82. The number of esters is 1. The van der Waals surface area contributed by atoms with Gasteiger partial charge in [0.1, 0.15) is 0 Å². The van der Waals surface area contributed by atoms with Crippen LogP contribution in [0.15, 0.2) is 12.2 Å². The van der Waals surface area contributed by atoms with Crippen LogP contribution in [0.25, 0.3) is 0 Å². The van der Waals surface area contributed by atoms with Gasteiger partial charge in [-0.25, -0.2) is 4.79 Å². The topological polar surface area (TPSA) is 26.3 Å². The fraction of sp³-hybridized carbons (Fsp3) is 0.727. The summed E-state index contributed by atoms with van der Waals surface area (Å²) in [4.78, 5) is 11.0. The first kappa shape index (κ1) is 10.3. The summed E-state index contributed by atoms with van der Waals surface area (Å²) in [7, 11) is 0. The third-order valence-electron chi connectivity index (χ3n) is 2.91. The zero-order valence-corrected chi connectivity index (χ0v) is 8.51. The van der Waals surface area contributed by atoms with Crippen molar-refractivity contribution in [3.05, 3.63) is 12.2 Å². The molecule has 0 bridgehead atoms. The average molecular weight is 182 g/mol. The molecule has 0 atom stereocenters. The SMILES string of the molecule is CCOC(=O)/C=C/C1(CC)CCC1. The van der Waals surface area contributed by atoms with Gasteiger partial charge in [0.2, 0.25) is 0 Å². The first-order valence-corrected chi connectivity index (χ1v) is 5.08. The van der Waals surface area contributed by atoms with Gasteiger partial charge in [0.25, 0.3) is 0 Å². The third kappa shape index (κ3) is 2.58. The Hall–Kier alpha value is -0.790. The molecular formula is C11H18O2. The lowest BCUT2D eigenvalue weighted by molar-refractivity contribution is -0.137. The number of hydrogen-bond donors (Lipinski definition) is 0. The van der Waals surface area contributed by atoms with E-state index in [-0.39, 0.29) is 5.97 Å². The van der Waals surface area contributed by atoms with Crippen molar-refractivity contribution >= 4 is 5.97 Å². The lowest BCUT2D eigenvalue weighted by atomic mass is 9.67. The van der Waals surface area contributed by atoms with E-state index in [1.807, 2.05) is 13.0 Å². The first-order chi connectivity index (χ1) is 6.22. The molecule has 0 aliphatic heterocycles. The molecule has 0 aromatic rings. The van der Waals surface area contributed by atoms with E-state index in [2.05, 4.69) is 6.92 Å². The predicted octanol–water partition coefficient (Wildman–Crippen LogP) is 2.69. The van der Waals surface area contributed by atoms with Crippen LogP contribution in [0.5, 0.6) is 0 Å². The van der Waals surface area contributed by atoms with Crippen molar-refractivity contribution in [3.8, 4) is 0 Å². The van der Waals surface area contributed by atoms with Crippen LogP contribution in [0.1, 0.15) is 39.5 Å². The number of rotatable bonds is 4. The Labute approximate surface area is 80.0 Å². The standard InChI is InChI=1S/C11H18O2/c1-3-11(7-5-8-11)9-6-10(12)13-4-2/h6,9H,3-5,7-8H2,1-2H3/b9-6+. The zero-order valence-electron chi connectivity index (χ0n) is 8.51. The second kappa shape index (κ2) is 4.45. The molecule has 0 aromatic carbocycles. The van der Waals surface area contributed by atoms with Gasteiger partial charge in [-0.1, -0.05) is 19.4 Å². The number of ether oxygens (including phenoxy) is 1. The summed E-state index contributed by atoms with van der Waals surface area (Å²) in [6.07, 6.45) is 8.49. The highest BCUT2D eigenvalue weighted by atomic mass is 16.5. The van der Waals surface area contributed by atoms with E-state index in [0.717, 1.165) is 6.42 Å². The van der Waals surface area contributed by atoms with E-state index >= 15 is 0 Å². The average Bonchev–Trinajstić information content (AvgIpc) is 2.04. The summed E-state index contributed by atoms with van der Waals surface area (Å²) in [6, 6.07) is 0. The summed E-state index contributed by atoms with van der Waals surface area (Å²) in [5, 5.41) is 0. The minimum atomic E-state index is -0.206. The fourth-order valence-corrected chi connectivity index (χ4v) is 1.70. The van der Waals surface area contributed by atoms with E-state index in [1.54, 1.807) is 6.08 Å². The van der Waals surface area contributed by atoms with Gasteiger partial charge >= 0.3 is 5.97 Å². The molecule has 1 aliphatic rings. The van der Waals surface area contributed by atoms with Gasteiger partial charge in [-0.2, -0.15) is 0 Å². The van der Waals surface area contributed by atoms with Crippen molar-refractivity contribution < 1.29 is 9.53 Å².